The van der Waals surface area contributed by atoms with Crippen molar-refractivity contribution in [2.45, 2.75) is 38.8 Å². The standard InChI is InChI=1S/C12H20N2O2S/c1-9-11(17-10(2)14-9)7-13-8-12(15)3-5-16-6-4-12/h13,15H,3-8H2,1-2H3. The number of hydrogen-bond acceptors (Lipinski definition) is 5. The molecule has 0 spiro atoms. The van der Waals surface area contributed by atoms with Gasteiger partial charge in [-0.15, -0.1) is 11.3 Å². The fourth-order valence-corrected chi connectivity index (χ4v) is 2.98. The van der Waals surface area contributed by atoms with Crippen molar-refractivity contribution in [2.24, 2.45) is 0 Å². The van der Waals surface area contributed by atoms with Crippen LogP contribution in [-0.4, -0.2) is 35.5 Å². The van der Waals surface area contributed by atoms with Gasteiger partial charge in [-0.05, 0) is 13.8 Å². The van der Waals surface area contributed by atoms with E-state index in [0.29, 0.717) is 19.8 Å². The van der Waals surface area contributed by atoms with Gasteiger partial charge in [0.25, 0.3) is 0 Å². The number of aliphatic hydroxyl groups is 1. The van der Waals surface area contributed by atoms with Gasteiger partial charge in [-0.1, -0.05) is 0 Å². The van der Waals surface area contributed by atoms with Crippen molar-refractivity contribution < 1.29 is 9.84 Å². The van der Waals surface area contributed by atoms with Crippen LogP contribution >= 0.6 is 11.3 Å². The molecule has 0 saturated carbocycles. The monoisotopic (exact) mass is 256 g/mol. The van der Waals surface area contributed by atoms with Crippen LogP contribution in [0.1, 0.15) is 28.4 Å². The van der Waals surface area contributed by atoms with Gasteiger partial charge in [-0.2, -0.15) is 0 Å². The number of thiazole rings is 1. The molecule has 0 aromatic carbocycles. The smallest absolute Gasteiger partial charge is 0.0900 e. The van der Waals surface area contributed by atoms with Crippen molar-refractivity contribution >= 4 is 11.3 Å². The number of nitrogens with zero attached hydrogens (tertiary/aromatic N) is 1. The highest BCUT2D eigenvalue weighted by Gasteiger charge is 2.29. The molecular formula is C12H20N2O2S. The van der Waals surface area contributed by atoms with Crippen molar-refractivity contribution in [2.75, 3.05) is 19.8 Å². The average molecular weight is 256 g/mol. The minimum absolute atomic E-state index is 0.591. The van der Waals surface area contributed by atoms with E-state index < -0.39 is 5.60 Å². The SMILES string of the molecule is Cc1nc(C)c(CNCC2(O)CCOCC2)s1. The molecule has 1 aliphatic rings. The van der Waals surface area contributed by atoms with Crippen LogP contribution in [0.5, 0.6) is 0 Å². The third kappa shape index (κ3) is 3.48. The Morgan fingerprint density at radius 2 is 2.12 bits per heavy atom. The molecule has 1 aliphatic heterocycles. The largest absolute Gasteiger partial charge is 0.388 e. The van der Waals surface area contributed by atoms with E-state index in [1.165, 1.54) is 4.88 Å². The molecule has 0 atom stereocenters. The Morgan fingerprint density at radius 3 is 2.71 bits per heavy atom. The Hall–Kier alpha value is -0.490. The molecule has 1 aromatic heterocycles. The number of aromatic nitrogens is 1. The lowest BCUT2D eigenvalue weighted by molar-refractivity contribution is -0.0616. The molecule has 17 heavy (non-hydrogen) atoms. The highest BCUT2D eigenvalue weighted by atomic mass is 32.1. The summed E-state index contributed by atoms with van der Waals surface area (Å²) in [5.74, 6) is 0. The van der Waals surface area contributed by atoms with Gasteiger partial charge < -0.3 is 15.2 Å². The summed E-state index contributed by atoms with van der Waals surface area (Å²) in [6.07, 6.45) is 1.45. The number of nitrogens with one attached hydrogen (secondary N) is 1. The Morgan fingerprint density at radius 1 is 1.41 bits per heavy atom. The number of rotatable bonds is 4. The van der Waals surface area contributed by atoms with Crippen molar-refractivity contribution in [3.8, 4) is 0 Å². The zero-order valence-electron chi connectivity index (χ0n) is 10.5. The van der Waals surface area contributed by atoms with Gasteiger partial charge in [-0.3, -0.25) is 0 Å². The molecular weight excluding hydrogens is 236 g/mol. The first-order chi connectivity index (χ1) is 8.09. The predicted molar refractivity (Wildman–Crippen MR) is 68.3 cm³/mol. The highest BCUT2D eigenvalue weighted by molar-refractivity contribution is 7.11. The molecule has 0 bridgehead atoms. The molecule has 0 amide bonds. The highest BCUT2D eigenvalue weighted by Crippen LogP contribution is 2.20. The molecule has 0 radical (unpaired) electrons. The van der Waals surface area contributed by atoms with Crippen LogP contribution in [0.25, 0.3) is 0 Å². The molecule has 1 saturated heterocycles. The summed E-state index contributed by atoms with van der Waals surface area (Å²) in [5, 5.41) is 14.7. The van der Waals surface area contributed by atoms with Crippen LogP contribution in [-0.2, 0) is 11.3 Å². The number of aryl methyl sites for hydroxylation is 2. The summed E-state index contributed by atoms with van der Waals surface area (Å²) < 4.78 is 5.26. The normalized spacial score (nSPS) is 19.5. The van der Waals surface area contributed by atoms with Gasteiger partial charge in [0.05, 0.1) is 16.3 Å². The van der Waals surface area contributed by atoms with Gasteiger partial charge >= 0.3 is 0 Å². The summed E-state index contributed by atoms with van der Waals surface area (Å²) >= 11 is 1.72. The van der Waals surface area contributed by atoms with E-state index in [9.17, 15) is 5.11 Å². The molecule has 2 rings (SSSR count). The topological polar surface area (TPSA) is 54.4 Å². The van der Waals surface area contributed by atoms with E-state index in [1.54, 1.807) is 11.3 Å². The second-order valence-electron chi connectivity index (χ2n) is 4.68. The maximum absolute atomic E-state index is 10.3. The second-order valence-corrected chi connectivity index (χ2v) is 5.97. The van der Waals surface area contributed by atoms with E-state index in [0.717, 1.165) is 30.1 Å². The Kier molecular flexibility index (Phi) is 4.14. The number of ether oxygens (including phenoxy) is 1. The van der Waals surface area contributed by atoms with E-state index in [2.05, 4.69) is 10.3 Å². The Labute approximate surface area is 106 Å². The lowest BCUT2D eigenvalue weighted by Gasteiger charge is -2.32. The molecule has 96 valence electrons. The molecule has 5 heteroatoms. The maximum Gasteiger partial charge on any atom is 0.0900 e. The lowest BCUT2D eigenvalue weighted by Crippen LogP contribution is -2.44. The second kappa shape index (κ2) is 5.44. The summed E-state index contributed by atoms with van der Waals surface area (Å²) in [5.41, 5.74) is 0.505. The fraction of sp³-hybridized carbons (Fsp3) is 0.750. The van der Waals surface area contributed by atoms with E-state index in [4.69, 9.17) is 4.74 Å². The minimum Gasteiger partial charge on any atom is -0.388 e. The summed E-state index contributed by atoms with van der Waals surface area (Å²) in [7, 11) is 0. The maximum atomic E-state index is 10.3. The quantitative estimate of drug-likeness (QED) is 0.855. The van der Waals surface area contributed by atoms with Crippen molar-refractivity contribution in [1.82, 2.24) is 10.3 Å². The molecule has 2 N–H and O–H groups in total. The molecule has 0 aliphatic carbocycles. The molecule has 1 fully saturated rings. The van der Waals surface area contributed by atoms with Gasteiger partial charge in [0.2, 0.25) is 0 Å². The molecule has 1 aromatic rings. The third-order valence-corrected chi connectivity index (χ3v) is 4.24. The first kappa shape index (κ1) is 13.0. The summed E-state index contributed by atoms with van der Waals surface area (Å²) in [4.78, 5) is 5.65. The fourth-order valence-electron chi connectivity index (χ4n) is 2.07. The average Bonchev–Trinajstić information content (AvgIpc) is 2.58. The van der Waals surface area contributed by atoms with Gasteiger partial charge in [-0.25, -0.2) is 4.98 Å². The van der Waals surface area contributed by atoms with Crippen molar-refractivity contribution in [3.63, 3.8) is 0 Å². The lowest BCUT2D eigenvalue weighted by atomic mass is 9.94. The van der Waals surface area contributed by atoms with Crippen LogP contribution in [0.2, 0.25) is 0 Å². The molecule has 4 nitrogen and oxygen atoms in total. The van der Waals surface area contributed by atoms with Crippen LogP contribution in [0.15, 0.2) is 0 Å². The zero-order valence-corrected chi connectivity index (χ0v) is 11.3. The first-order valence-corrected chi connectivity index (χ1v) is 6.84. The first-order valence-electron chi connectivity index (χ1n) is 6.03. The predicted octanol–water partition coefficient (Wildman–Crippen LogP) is 1.39. The van der Waals surface area contributed by atoms with Crippen LogP contribution in [0.3, 0.4) is 0 Å². The van der Waals surface area contributed by atoms with E-state index in [1.807, 2.05) is 13.8 Å². The van der Waals surface area contributed by atoms with Crippen molar-refractivity contribution in [1.29, 1.82) is 0 Å². The third-order valence-electron chi connectivity index (χ3n) is 3.16. The van der Waals surface area contributed by atoms with Crippen LogP contribution in [0, 0.1) is 13.8 Å². The molecule has 0 unspecified atom stereocenters. The molecule has 2 heterocycles. The van der Waals surface area contributed by atoms with Crippen molar-refractivity contribution in [3.05, 3.63) is 15.6 Å². The zero-order chi connectivity index (χ0) is 12.3. The van der Waals surface area contributed by atoms with Crippen LogP contribution < -0.4 is 5.32 Å². The van der Waals surface area contributed by atoms with Gasteiger partial charge in [0.15, 0.2) is 0 Å². The van der Waals surface area contributed by atoms with Gasteiger partial charge in [0, 0.05) is 44.0 Å². The Balaban J connectivity index is 1.81. The van der Waals surface area contributed by atoms with Gasteiger partial charge in [0.1, 0.15) is 0 Å². The van der Waals surface area contributed by atoms with E-state index >= 15 is 0 Å². The van der Waals surface area contributed by atoms with E-state index in [-0.39, 0.29) is 0 Å². The Bertz CT molecular complexity index is 373. The minimum atomic E-state index is -0.591. The summed E-state index contributed by atoms with van der Waals surface area (Å²) in [6, 6.07) is 0. The van der Waals surface area contributed by atoms with Crippen LogP contribution in [0.4, 0.5) is 0 Å². The summed E-state index contributed by atoms with van der Waals surface area (Å²) in [6.45, 7) is 6.80. The number of hydrogen-bond donors (Lipinski definition) is 2.